The molecule has 1 aromatic heterocycles. The molecule has 1 heterocycles. The Balaban J connectivity index is 1.57. The van der Waals surface area contributed by atoms with Gasteiger partial charge in [0, 0.05) is 17.3 Å². The zero-order chi connectivity index (χ0) is 20.2. The van der Waals surface area contributed by atoms with Gasteiger partial charge in [-0.05, 0) is 29.2 Å². The zero-order valence-corrected chi connectivity index (χ0v) is 16.6. The molecule has 144 valence electrons. The smallest absolute Gasteiger partial charge is 0.255 e. The van der Waals surface area contributed by atoms with Crippen molar-refractivity contribution < 1.29 is 4.79 Å². The summed E-state index contributed by atoms with van der Waals surface area (Å²) in [5, 5.41) is 5.52. The van der Waals surface area contributed by atoms with Crippen LogP contribution < -0.4 is 10.9 Å². The molecule has 0 saturated carbocycles. The number of amides is 1. The number of aromatic nitrogens is 2. The summed E-state index contributed by atoms with van der Waals surface area (Å²) >= 11 is 1.34. The van der Waals surface area contributed by atoms with Gasteiger partial charge in [0.15, 0.2) is 5.16 Å². The van der Waals surface area contributed by atoms with Crippen molar-refractivity contribution in [2.45, 2.75) is 11.7 Å². The number of anilines is 1. The number of carbonyl (C=O) groups excluding carboxylic acids is 1. The predicted molar refractivity (Wildman–Crippen MR) is 118 cm³/mol. The van der Waals surface area contributed by atoms with E-state index in [2.05, 4.69) is 10.3 Å². The van der Waals surface area contributed by atoms with E-state index in [1.807, 2.05) is 79.1 Å². The Hall–Kier alpha value is -3.38. The summed E-state index contributed by atoms with van der Waals surface area (Å²) < 4.78 is 1.40. The van der Waals surface area contributed by atoms with Crippen LogP contribution in [0.25, 0.3) is 22.0 Å². The highest BCUT2D eigenvalue weighted by Crippen LogP contribution is 2.20. The second-order valence-electron chi connectivity index (χ2n) is 6.53. The summed E-state index contributed by atoms with van der Waals surface area (Å²) in [7, 11) is 0. The maximum Gasteiger partial charge on any atom is 0.255 e. The van der Waals surface area contributed by atoms with E-state index in [0.29, 0.717) is 16.5 Å². The van der Waals surface area contributed by atoms with Gasteiger partial charge >= 0.3 is 0 Å². The molecule has 0 aliphatic rings. The monoisotopic (exact) mass is 401 g/mol. The lowest BCUT2D eigenvalue weighted by Crippen LogP contribution is -2.29. The van der Waals surface area contributed by atoms with E-state index >= 15 is 0 Å². The van der Waals surface area contributed by atoms with E-state index in [0.717, 1.165) is 16.3 Å². The molecular weight excluding hydrogens is 382 g/mol. The molecule has 1 amide bonds. The molecule has 6 heteroatoms. The van der Waals surface area contributed by atoms with E-state index in [9.17, 15) is 9.59 Å². The van der Waals surface area contributed by atoms with Crippen LogP contribution in [0, 0.1) is 0 Å². The zero-order valence-electron chi connectivity index (χ0n) is 15.8. The molecule has 4 aromatic rings. The average molecular weight is 401 g/mol. The molecule has 0 atom stereocenters. The van der Waals surface area contributed by atoms with E-state index in [-0.39, 0.29) is 18.0 Å². The highest BCUT2D eigenvalue weighted by atomic mass is 32.2. The fraction of sp³-hybridized carbons (Fsp3) is 0.0870. The molecular formula is C23H19N3O2S. The lowest BCUT2D eigenvalue weighted by atomic mass is 10.1. The van der Waals surface area contributed by atoms with Crippen molar-refractivity contribution in [1.82, 2.24) is 9.55 Å². The summed E-state index contributed by atoms with van der Waals surface area (Å²) in [6, 6.07) is 24.7. The molecule has 0 saturated heterocycles. The van der Waals surface area contributed by atoms with Crippen molar-refractivity contribution >= 4 is 34.1 Å². The van der Waals surface area contributed by atoms with Gasteiger partial charge in [-0.25, -0.2) is 4.98 Å². The summed E-state index contributed by atoms with van der Waals surface area (Å²) in [6.45, 7) is -0.0934. The Morgan fingerprint density at radius 2 is 1.69 bits per heavy atom. The molecule has 0 spiro atoms. The second-order valence-corrected chi connectivity index (χ2v) is 7.30. The van der Waals surface area contributed by atoms with Crippen molar-refractivity contribution in [3.05, 3.63) is 89.2 Å². The van der Waals surface area contributed by atoms with Crippen LogP contribution >= 0.6 is 11.8 Å². The minimum absolute atomic E-state index is 0.0934. The fourth-order valence-corrected chi connectivity index (χ4v) is 3.72. The highest BCUT2D eigenvalue weighted by molar-refractivity contribution is 7.98. The summed E-state index contributed by atoms with van der Waals surface area (Å²) in [6.07, 6.45) is 1.84. The molecule has 5 nitrogen and oxygen atoms in total. The third-order valence-electron chi connectivity index (χ3n) is 4.56. The normalized spacial score (nSPS) is 10.8. The molecule has 0 unspecified atom stereocenters. The van der Waals surface area contributed by atoms with Gasteiger partial charge in [0.1, 0.15) is 6.54 Å². The minimum Gasteiger partial charge on any atom is -0.325 e. The first-order valence-corrected chi connectivity index (χ1v) is 10.4. The van der Waals surface area contributed by atoms with Gasteiger partial charge in [-0.3, -0.25) is 14.2 Å². The number of nitrogens with zero attached hydrogens (tertiary/aromatic N) is 2. The Morgan fingerprint density at radius 1 is 0.966 bits per heavy atom. The first-order valence-electron chi connectivity index (χ1n) is 9.14. The van der Waals surface area contributed by atoms with Crippen molar-refractivity contribution in [1.29, 1.82) is 0 Å². The van der Waals surface area contributed by atoms with Gasteiger partial charge in [-0.15, -0.1) is 0 Å². The number of carbonyl (C=O) groups is 1. The standard InChI is InChI=1S/C23H19N3O2S/c1-29-23-25-20(17-8-3-2-4-9-17)14-22(28)26(23)15-21(27)24-19-12-11-16-7-5-6-10-18(16)13-19/h2-14H,15H2,1H3,(H,24,27). The molecule has 0 fully saturated rings. The number of hydrogen-bond donors (Lipinski definition) is 1. The number of fused-ring (bicyclic) bond motifs is 1. The number of rotatable bonds is 5. The Morgan fingerprint density at radius 3 is 2.45 bits per heavy atom. The third-order valence-corrected chi connectivity index (χ3v) is 5.24. The van der Waals surface area contributed by atoms with Crippen LogP contribution in [0.2, 0.25) is 0 Å². The Kier molecular flexibility index (Phi) is 5.44. The quantitative estimate of drug-likeness (QED) is 0.397. The topological polar surface area (TPSA) is 64.0 Å². The lowest BCUT2D eigenvalue weighted by Gasteiger charge is -2.12. The maximum atomic E-state index is 12.7. The van der Waals surface area contributed by atoms with Crippen LogP contribution in [-0.2, 0) is 11.3 Å². The van der Waals surface area contributed by atoms with Crippen molar-refractivity contribution in [3.8, 4) is 11.3 Å². The van der Waals surface area contributed by atoms with Gasteiger partial charge in [0.25, 0.3) is 5.56 Å². The SMILES string of the molecule is CSc1nc(-c2ccccc2)cc(=O)n1CC(=O)Nc1ccc2ccccc2c1. The van der Waals surface area contributed by atoms with Crippen molar-refractivity contribution in [2.24, 2.45) is 0 Å². The third kappa shape index (κ3) is 4.22. The van der Waals surface area contributed by atoms with Crippen LogP contribution in [0.1, 0.15) is 0 Å². The van der Waals surface area contributed by atoms with Gasteiger partial charge in [0.2, 0.25) is 5.91 Å². The van der Waals surface area contributed by atoms with Gasteiger partial charge < -0.3 is 5.32 Å². The molecule has 0 aliphatic heterocycles. The van der Waals surface area contributed by atoms with Crippen molar-refractivity contribution in [2.75, 3.05) is 11.6 Å². The maximum absolute atomic E-state index is 12.7. The van der Waals surface area contributed by atoms with Crippen LogP contribution in [0.4, 0.5) is 5.69 Å². The first kappa shape index (κ1) is 19.0. The molecule has 4 rings (SSSR count). The van der Waals surface area contributed by atoms with Crippen LogP contribution in [0.3, 0.4) is 0 Å². The summed E-state index contributed by atoms with van der Waals surface area (Å²) in [5.74, 6) is -0.271. The number of thioether (sulfide) groups is 1. The summed E-state index contributed by atoms with van der Waals surface area (Å²) in [5.41, 5.74) is 1.91. The average Bonchev–Trinajstić information content (AvgIpc) is 2.75. The number of nitrogens with one attached hydrogen (secondary N) is 1. The molecule has 29 heavy (non-hydrogen) atoms. The predicted octanol–water partition coefficient (Wildman–Crippen LogP) is 4.42. The Labute approximate surface area is 172 Å². The molecule has 1 N–H and O–H groups in total. The first-order chi connectivity index (χ1) is 14.1. The van der Waals surface area contributed by atoms with E-state index in [4.69, 9.17) is 0 Å². The molecule has 0 bridgehead atoms. The molecule has 0 radical (unpaired) electrons. The van der Waals surface area contributed by atoms with E-state index in [1.54, 1.807) is 0 Å². The van der Waals surface area contributed by atoms with E-state index in [1.165, 1.54) is 22.4 Å². The molecule has 3 aromatic carbocycles. The summed E-state index contributed by atoms with van der Waals surface area (Å²) in [4.78, 5) is 29.8. The Bertz CT molecular complexity index is 1240. The van der Waals surface area contributed by atoms with Gasteiger partial charge in [-0.2, -0.15) is 0 Å². The van der Waals surface area contributed by atoms with Gasteiger partial charge in [-0.1, -0.05) is 72.4 Å². The largest absolute Gasteiger partial charge is 0.325 e. The van der Waals surface area contributed by atoms with Crippen LogP contribution in [0.5, 0.6) is 0 Å². The van der Waals surface area contributed by atoms with Crippen LogP contribution in [-0.4, -0.2) is 21.7 Å². The fourth-order valence-electron chi connectivity index (χ4n) is 3.15. The van der Waals surface area contributed by atoms with Crippen LogP contribution in [0.15, 0.2) is 88.8 Å². The number of hydrogen-bond acceptors (Lipinski definition) is 4. The highest BCUT2D eigenvalue weighted by Gasteiger charge is 2.13. The van der Waals surface area contributed by atoms with E-state index < -0.39 is 0 Å². The number of benzene rings is 3. The second kappa shape index (κ2) is 8.32. The van der Waals surface area contributed by atoms with Gasteiger partial charge in [0.05, 0.1) is 5.69 Å². The van der Waals surface area contributed by atoms with Crippen molar-refractivity contribution in [3.63, 3.8) is 0 Å². The molecule has 0 aliphatic carbocycles. The lowest BCUT2D eigenvalue weighted by molar-refractivity contribution is -0.116. The minimum atomic E-state index is -0.271.